The van der Waals surface area contributed by atoms with Gasteiger partial charge in [-0.1, -0.05) is 41.4 Å². The van der Waals surface area contributed by atoms with Gasteiger partial charge in [-0.3, -0.25) is 0 Å². The fourth-order valence-electron chi connectivity index (χ4n) is 1.22. The molecule has 1 aromatic carbocycles. The summed E-state index contributed by atoms with van der Waals surface area (Å²) in [5.41, 5.74) is 1.16. The molecule has 0 aliphatic rings. The summed E-state index contributed by atoms with van der Waals surface area (Å²) in [5.74, 6) is 0.878. The molecule has 2 nitrogen and oxygen atoms in total. The molecule has 3 heteroatoms. The maximum absolute atomic E-state index is 5.62. The topological polar surface area (TPSA) is 18.5 Å². The Balaban J connectivity index is 2.37. The van der Waals surface area contributed by atoms with E-state index in [1.54, 1.807) is 7.11 Å². The zero-order chi connectivity index (χ0) is 11.1. The van der Waals surface area contributed by atoms with E-state index in [-0.39, 0.29) is 5.01 Å². The maximum atomic E-state index is 5.62. The minimum Gasteiger partial charge on any atom is -0.497 e. The minimum atomic E-state index is 0.157. The van der Waals surface area contributed by atoms with E-state index in [1.165, 1.54) is 0 Å². The van der Waals surface area contributed by atoms with Crippen molar-refractivity contribution in [1.82, 2.24) is 0 Å². The number of halogens is 1. The lowest BCUT2D eigenvalue weighted by Crippen LogP contribution is -2.03. The van der Waals surface area contributed by atoms with Gasteiger partial charge in [0.05, 0.1) is 13.7 Å². The van der Waals surface area contributed by atoms with Crippen LogP contribution in [0.25, 0.3) is 0 Å². The Morgan fingerprint density at radius 1 is 1.27 bits per heavy atom. The number of rotatable bonds is 6. The average Bonchev–Trinajstić information content (AvgIpc) is 2.27. The van der Waals surface area contributed by atoms with E-state index in [0.29, 0.717) is 6.61 Å². The van der Waals surface area contributed by atoms with E-state index < -0.39 is 0 Å². The van der Waals surface area contributed by atoms with Gasteiger partial charge in [-0.2, -0.15) is 0 Å². The van der Waals surface area contributed by atoms with Crippen LogP contribution < -0.4 is 4.74 Å². The van der Waals surface area contributed by atoms with Gasteiger partial charge in [0.1, 0.15) is 10.8 Å². The predicted molar refractivity (Wildman–Crippen MR) is 65.4 cm³/mol. The fraction of sp³-hybridized carbons (Fsp3) is 0.500. The van der Waals surface area contributed by atoms with E-state index in [1.807, 2.05) is 24.3 Å². The molecule has 1 atom stereocenters. The Bertz CT molecular complexity index is 271. The van der Waals surface area contributed by atoms with E-state index in [4.69, 9.17) is 9.47 Å². The first-order valence-corrected chi connectivity index (χ1v) is 6.06. The first kappa shape index (κ1) is 12.5. The molecule has 0 fully saturated rings. The summed E-state index contributed by atoms with van der Waals surface area (Å²) in [4.78, 5) is 0. The third-order valence-corrected chi connectivity index (χ3v) is 2.83. The molecule has 1 unspecified atom stereocenters. The van der Waals surface area contributed by atoms with Gasteiger partial charge in [-0.05, 0) is 24.1 Å². The van der Waals surface area contributed by atoms with Gasteiger partial charge in [-0.25, -0.2) is 0 Å². The molecule has 15 heavy (non-hydrogen) atoms. The van der Waals surface area contributed by atoms with Crippen molar-refractivity contribution in [2.45, 2.75) is 31.4 Å². The predicted octanol–water partition coefficient (Wildman–Crippen LogP) is 3.73. The van der Waals surface area contributed by atoms with Crippen molar-refractivity contribution >= 4 is 15.9 Å². The molecule has 0 bridgehead atoms. The number of alkyl halides is 1. The monoisotopic (exact) mass is 272 g/mol. The Morgan fingerprint density at radius 3 is 2.47 bits per heavy atom. The van der Waals surface area contributed by atoms with Crippen molar-refractivity contribution in [2.24, 2.45) is 0 Å². The van der Waals surface area contributed by atoms with Gasteiger partial charge in [0.2, 0.25) is 0 Å². The normalized spacial score (nSPS) is 12.5. The van der Waals surface area contributed by atoms with Crippen molar-refractivity contribution in [1.29, 1.82) is 0 Å². The van der Waals surface area contributed by atoms with E-state index >= 15 is 0 Å². The highest BCUT2D eigenvalue weighted by Crippen LogP contribution is 2.15. The molecule has 0 N–H and O–H groups in total. The van der Waals surface area contributed by atoms with Crippen LogP contribution in [0.4, 0.5) is 0 Å². The number of hydrogen-bond donors (Lipinski definition) is 0. The van der Waals surface area contributed by atoms with E-state index in [2.05, 4.69) is 22.9 Å². The summed E-state index contributed by atoms with van der Waals surface area (Å²) in [6.07, 6.45) is 2.16. The number of ether oxygens (including phenoxy) is 2. The first-order valence-electron chi connectivity index (χ1n) is 5.15. The van der Waals surface area contributed by atoms with Gasteiger partial charge < -0.3 is 9.47 Å². The third-order valence-electron chi connectivity index (χ3n) is 2.11. The van der Waals surface area contributed by atoms with E-state index in [9.17, 15) is 0 Å². The fourth-order valence-corrected chi connectivity index (χ4v) is 1.81. The molecule has 0 radical (unpaired) electrons. The summed E-state index contributed by atoms with van der Waals surface area (Å²) in [5, 5.41) is 0.157. The summed E-state index contributed by atoms with van der Waals surface area (Å²) in [7, 11) is 1.67. The molecular formula is C12H17BrO2. The lowest BCUT2D eigenvalue weighted by molar-refractivity contribution is 0.0977. The Kier molecular flexibility index (Phi) is 5.73. The first-order chi connectivity index (χ1) is 7.26. The quantitative estimate of drug-likeness (QED) is 0.735. The van der Waals surface area contributed by atoms with Gasteiger partial charge in [-0.15, -0.1) is 0 Å². The highest BCUT2D eigenvalue weighted by Gasteiger charge is 2.02. The molecule has 0 aromatic heterocycles. The maximum Gasteiger partial charge on any atom is 0.118 e. The van der Waals surface area contributed by atoms with Gasteiger partial charge in [0, 0.05) is 0 Å². The molecule has 0 heterocycles. The molecule has 0 aliphatic carbocycles. The molecule has 1 aromatic rings. The van der Waals surface area contributed by atoms with Crippen molar-refractivity contribution in [3.05, 3.63) is 29.8 Å². The second-order valence-corrected chi connectivity index (χ2v) is 4.38. The SMILES string of the molecule is CCCC(Br)OCc1ccc(OC)cc1. The summed E-state index contributed by atoms with van der Waals surface area (Å²) in [6.45, 7) is 2.78. The Labute approximate surface area is 99.7 Å². The average molecular weight is 273 g/mol. The lowest BCUT2D eigenvalue weighted by atomic mass is 10.2. The number of hydrogen-bond acceptors (Lipinski definition) is 2. The van der Waals surface area contributed by atoms with Crippen molar-refractivity contribution < 1.29 is 9.47 Å². The molecule has 0 saturated carbocycles. The van der Waals surface area contributed by atoms with Crippen molar-refractivity contribution in [3.63, 3.8) is 0 Å². The number of benzene rings is 1. The summed E-state index contributed by atoms with van der Waals surface area (Å²) < 4.78 is 10.7. The van der Waals surface area contributed by atoms with Crippen molar-refractivity contribution in [2.75, 3.05) is 7.11 Å². The van der Waals surface area contributed by atoms with Crippen LogP contribution in [0.15, 0.2) is 24.3 Å². The molecular weight excluding hydrogens is 256 g/mol. The van der Waals surface area contributed by atoms with Gasteiger partial charge >= 0.3 is 0 Å². The summed E-state index contributed by atoms with van der Waals surface area (Å²) >= 11 is 3.48. The highest BCUT2D eigenvalue weighted by molar-refractivity contribution is 9.09. The lowest BCUT2D eigenvalue weighted by Gasteiger charge is -2.10. The van der Waals surface area contributed by atoms with E-state index in [0.717, 1.165) is 24.2 Å². The largest absolute Gasteiger partial charge is 0.497 e. The molecule has 0 amide bonds. The van der Waals surface area contributed by atoms with Gasteiger partial charge in [0.15, 0.2) is 0 Å². The Hall–Kier alpha value is -0.540. The molecule has 0 saturated heterocycles. The van der Waals surface area contributed by atoms with Crippen LogP contribution in [0.1, 0.15) is 25.3 Å². The summed E-state index contributed by atoms with van der Waals surface area (Å²) in [6, 6.07) is 7.93. The Morgan fingerprint density at radius 2 is 1.93 bits per heavy atom. The van der Waals surface area contributed by atoms with Crippen LogP contribution in [-0.4, -0.2) is 12.1 Å². The van der Waals surface area contributed by atoms with Crippen LogP contribution in [0.2, 0.25) is 0 Å². The molecule has 1 rings (SSSR count). The van der Waals surface area contributed by atoms with Crippen LogP contribution in [-0.2, 0) is 11.3 Å². The number of methoxy groups -OCH3 is 1. The van der Waals surface area contributed by atoms with Crippen molar-refractivity contribution in [3.8, 4) is 5.75 Å². The van der Waals surface area contributed by atoms with Crippen LogP contribution in [0.3, 0.4) is 0 Å². The minimum absolute atomic E-state index is 0.157. The highest BCUT2D eigenvalue weighted by atomic mass is 79.9. The second-order valence-electron chi connectivity index (χ2n) is 3.36. The zero-order valence-electron chi connectivity index (χ0n) is 9.20. The molecule has 0 spiro atoms. The molecule has 84 valence electrons. The van der Waals surface area contributed by atoms with Gasteiger partial charge in [0.25, 0.3) is 0 Å². The van der Waals surface area contributed by atoms with Crippen LogP contribution in [0.5, 0.6) is 5.75 Å². The smallest absolute Gasteiger partial charge is 0.118 e. The third kappa shape index (κ3) is 4.67. The zero-order valence-corrected chi connectivity index (χ0v) is 10.8. The van der Waals surface area contributed by atoms with Crippen LogP contribution in [0, 0.1) is 0 Å². The second kappa shape index (κ2) is 6.85. The van der Waals surface area contributed by atoms with Crippen LogP contribution >= 0.6 is 15.9 Å². The standard InChI is InChI=1S/C12H17BrO2/c1-3-4-12(13)15-9-10-5-7-11(14-2)8-6-10/h5-8,12H,3-4,9H2,1-2H3. The molecule has 0 aliphatic heterocycles.